The van der Waals surface area contributed by atoms with Crippen molar-refractivity contribution in [2.45, 2.75) is 26.1 Å². The molecule has 0 fully saturated rings. The van der Waals surface area contributed by atoms with Crippen LogP contribution in [0.5, 0.6) is 5.75 Å². The van der Waals surface area contributed by atoms with E-state index in [2.05, 4.69) is 0 Å². The monoisotopic (exact) mass is 452 g/mol. The molecule has 3 rings (SSSR count). The first-order valence-electron chi connectivity index (χ1n) is 10.3. The van der Waals surface area contributed by atoms with Gasteiger partial charge in [0.25, 0.3) is 5.91 Å². The van der Waals surface area contributed by atoms with Gasteiger partial charge in [0.05, 0.1) is 11.9 Å². The van der Waals surface area contributed by atoms with Gasteiger partial charge in [-0.3, -0.25) is 9.10 Å². The Bertz CT molecular complexity index is 1080. The number of carbonyl (C=O) groups is 1. The van der Waals surface area contributed by atoms with Gasteiger partial charge >= 0.3 is 0 Å². The summed E-state index contributed by atoms with van der Waals surface area (Å²) in [6.07, 6.45) is 0.438. The molecule has 0 saturated carbocycles. The van der Waals surface area contributed by atoms with E-state index in [1.54, 1.807) is 36.1 Å². The van der Waals surface area contributed by atoms with Crippen molar-refractivity contribution >= 4 is 21.6 Å². The van der Waals surface area contributed by atoms with Gasteiger partial charge < -0.3 is 9.64 Å². The van der Waals surface area contributed by atoms with Crippen LogP contribution in [0.2, 0.25) is 0 Å². The summed E-state index contributed by atoms with van der Waals surface area (Å²) < 4.78 is 30.5. The van der Waals surface area contributed by atoms with Gasteiger partial charge in [0.2, 0.25) is 10.0 Å². The van der Waals surface area contributed by atoms with Crippen LogP contribution in [0.25, 0.3) is 0 Å². The van der Waals surface area contributed by atoms with Crippen LogP contribution in [0.1, 0.15) is 18.1 Å². The lowest BCUT2D eigenvalue weighted by Crippen LogP contribution is -2.39. The van der Waals surface area contributed by atoms with Crippen molar-refractivity contribution in [3.05, 3.63) is 96.1 Å². The van der Waals surface area contributed by atoms with Gasteiger partial charge in [-0.25, -0.2) is 8.42 Å². The van der Waals surface area contributed by atoms with Crippen LogP contribution in [-0.4, -0.2) is 38.6 Å². The smallest absolute Gasteiger partial charge is 0.263 e. The average Bonchev–Trinajstić information content (AvgIpc) is 2.79. The summed E-state index contributed by atoms with van der Waals surface area (Å²) >= 11 is 0. The molecule has 0 saturated heterocycles. The van der Waals surface area contributed by atoms with Gasteiger partial charge in [-0.1, -0.05) is 60.7 Å². The Kier molecular flexibility index (Phi) is 7.53. The molecule has 0 radical (unpaired) electrons. The first-order valence-corrected chi connectivity index (χ1v) is 12.2. The summed E-state index contributed by atoms with van der Waals surface area (Å²) in [4.78, 5) is 15.1. The first-order chi connectivity index (χ1) is 15.2. The fraction of sp³-hybridized carbons (Fsp3) is 0.240. The second kappa shape index (κ2) is 10.3. The maximum absolute atomic E-state index is 13.3. The van der Waals surface area contributed by atoms with Crippen LogP contribution >= 0.6 is 0 Å². The highest BCUT2D eigenvalue weighted by Gasteiger charge is 2.23. The molecule has 3 aromatic rings. The lowest BCUT2D eigenvalue weighted by atomic mass is 10.1. The molecule has 0 heterocycles. The van der Waals surface area contributed by atoms with Crippen LogP contribution in [0.3, 0.4) is 0 Å². The van der Waals surface area contributed by atoms with Crippen molar-refractivity contribution in [3.63, 3.8) is 0 Å². The molecular weight excluding hydrogens is 424 g/mol. The molecule has 0 aliphatic carbocycles. The van der Waals surface area contributed by atoms with E-state index in [-0.39, 0.29) is 5.91 Å². The number of sulfonamides is 1. The van der Waals surface area contributed by atoms with Crippen LogP contribution in [0.15, 0.2) is 84.9 Å². The van der Waals surface area contributed by atoms with E-state index < -0.39 is 16.1 Å². The Hall–Kier alpha value is -3.32. The van der Waals surface area contributed by atoms with Crippen molar-refractivity contribution in [2.24, 2.45) is 0 Å². The molecule has 0 spiro atoms. The lowest BCUT2D eigenvalue weighted by molar-refractivity contribution is -0.139. The zero-order valence-electron chi connectivity index (χ0n) is 18.5. The third kappa shape index (κ3) is 6.34. The number of hydrogen-bond donors (Lipinski definition) is 0. The molecule has 32 heavy (non-hydrogen) atoms. The second-order valence-corrected chi connectivity index (χ2v) is 9.66. The minimum atomic E-state index is -3.34. The largest absolute Gasteiger partial charge is 0.481 e. The number of ether oxygens (including phenoxy) is 1. The third-order valence-corrected chi connectivity index (χ3v) is 6.31. The van der Waals surface area contributed by atoms with E-state index in [0.29, 0.717) is 24.5 Å². The maximum atomic E-state index is 13.3. The van der Waals surface area contributed by atoms with E-state index >= 15 is 0 Å². The molecule has 3 aromatic carbocycles. The highest BCUT2D eigenvalue weighted by atomic mass is 32.2. The van der Waals surface area contributed by atoms with E-state index in [1.165, 1.54) is 11.4 Å². The summed E-state index contributed by atoms with van der Waals surface area (Å²) in [6, 6.07) is 26.3. The zero-order valence-corrected chi connectivity index (χ0v) is 19.3. The molecule has 1 amide bonds. The number of anilines is 1. The highest BCUT2D eigenvalue weighted by molar-refractivity contribution is 7.92. The van der Waals surface area contributed by atoms with Crippen LogP contribution in [0.4, 0.5) is 5.69 Å². The van der Waals surface area contributed by atoms with Gasteiger partial charge in [-0.15, -0.1) is 0 Å². The van der Waals surface area contributed by atoms with Gasteiger partial charge in [-0.2, -0.15) is 0 Å². The fourth-order valence-corrected chi connectivity index (χ4v) is 3.76. The van der Waals surface area contributed by atoms with Crippen molar-refractivity contribution in [1.29, 1.82) is 0 Å². The van der Waals surface area contributed by atoms with Gasteiger partial charge in [-0.05, 0) is 42.3 Å². The predicted molar refractivity (Wildman–Crippen MR) is 127 cm³/mol. The first kappa shape index (κ1) is 23.3. The van der Waals surface area contributed by atoms with Crippen molar-refractivity contribution in [2.75, 3.05) is 17.6 Å². The molecule has 168 valence electrons. The van der Waals surface area contributed by atoms with Crippen LogP contribution < -0.4 is 9.04 Å². The normalized spacial score (nSPS) is 12.1. The molecule has 1 atom stereocenters. The van der Waals surface area contributed by atoms with E-state index in [1.807, 2.05) is 60.7 Å². The minimum Gasteiger partial charge on any atom is -0.481 e. The summed E-state index contributed by atoms with van der Waals surface area (Å²) in [7, 11) is -1.86. The number of amides is 1. The van der Waals surface area contributed by atoms with E-state index in [4.69, 9.17) is 4.74 Å². The fourth-order valence-electron chi connectivity index (χ4n) is 3.26. The van der Waals surface area contributed by atoms with E-state index in [0.717, 1.165) is 17.4 Å². The second-order valence-electron chi connectivity index (χ2n) is 7.65. The Balaban J connectivity index is 1.73. The summed E-state index contributed by atoms with van der Waals surface area (Å²) in [5.41, 5.74) is 2.60. The van der Waals surface area contributed by atoms with Gasteiger partial charge in [0, 0.05) is 20.1 Å². The van der Waals surface area contributed by atoms with Gasteiger partial charge in [0.1, 0.15) is 5.75 Å². The molecule has 0 aromatic heterocycles. The molecular formula is C25H28N2O4S. The minimum absolute atomic E-state index is 0.130. The molecule has 0 unspecified atom stereocenters. The molecule has 6 nitrogen and oxygen atoms in total. The summed E-state index contributed by atoms with van der Waals surface area (Å²) in [5, 5.41) is 0. The number of rotatable bonds is 9. The number of hydrogen-bond acceptors (Lipinski definition) is 4. The zero-order chi connectivity index (χ0) is 23.1. The van der Waals surface area contributed by atoms with Gasteiger partial charge in [0.15, 0.2) is 6.10 Å². The van der Waals surface area contributed by atoms with E-state index in [9.17, 15) is 13.2 Å². The Morgan fingerprint density at radius 2 is 1.31 bits per heavy atom. The topological polar surface area (TPSA) is 66.9 Å². The van der Waals surface area contributed by atoms with Crippen molar-refractivity contribution in [3.8, 4) is 5.75 Å². The highest BCUT2D eigenvalue weighted by Crippen LogP contribution is 2.22. The number of benzene rings is 3. The standard InChI is InChI=1S/C25H28N2O4S/c1-20(31-24-16-14-23(15-17-24)26(2)32(3,29)30)25(28)27(18-21-10-6-4-7-11-21)19-22-12-8-5-9-13-22/h4-17,20H,18-19H2,1-3H3/t20-/m1/s1. The molecule has 7 heteroatoms. The Labute approximate surface area is 190 Å². The summed E-state index contributed by atoms with van der Waals surface area (Å²) in [5.74, 6) is 0.367. The lowest BCUT2D eigenvalue weighted by Gasteiger charge is -2.26. The Morgan fingerprint density at radius 3 is 1.75 bits per heavy atom. The SMILES string of the molecule is C[C@@H](Oc1ccc(N(C)S(C)(=O)=O)cc1)C(=O)N(Cc1ccccc1)Cc1ccccc1. The predicted octanol–water partition coefficient (Wildman–Crippen LogP) is 4.08. The summed E-state index contributed by atoms with van der Waals surface area (Å²) in [6.45, 7) is 2.67. The molecule has 0 aliphatic rings. The van der Waals surface area contributed by atoms with Crippen molar-refractivity contribution < 1.29 is 17.9 Å². The average molecular weight is 453 g/mol. The number of carbonyl (C=O) groups excluding carboxylic acids is 1. The molecule has 0 bridgehead atoms. The Morgan fingerprint density at radius 1 is 0.844 bits per heavy atom. The van der Waals surface area contributed by atoms with Crippen LogP contribution in [0, 0.1) is 0 Å². The molecule has 0 N–H and O–H groups in total. The van der Waals surface area contributed by atoms with Crippen molar-refractivity contribution in [1.82, 2.24) is 4.90 Å². The maximum Gasteiger partial charge on any atom is 0.263 e. The van der Waals surface area contributed by atoms with Crippen LogP contribution in [-0.2, 0) is 27.9 Å². The third-order valence-electron chi connectivity index (χ3n) is 5.10. The number of nitrogens with zero attached hydrogens (tertiary/aromatic N) is 2. The molecule has 0 aliphatic heterocycles. The quantitative estimate of drug-likeness (QED) is 0.491.